The van der Waals surface area contributed by atoms with E-state index in [0.717, 1.165) is 15.7 Å². The summed E-state index contributed by atoms with van der Waals surface area (Å²) in [6.07, 6.45) is 3.52. The van der Waals surface area contributed by atoms with E-state index in [4.69, 9.17) is 4.74 Å². The first-order chi connectivity index (χ1) is 11.6. The molecule has 5 nitrogen and oxygen atoms in total. The maximum absolute atomic E-state index is 12.2. The topological polar surface area (TPSA) is 56.1 Å². The molecule has 0 fully saturated rings. The number of hydrogen-bond acceptors (Lipinski definition) is 3. The molecule has 0 aliphatic rings. The van der Waals surface area contributed by atoms with Gasteiger partial charge < -0.3 is 10.1 Å². The number of carbonyl (C=O) groups is 1. The van der Waals surface area contributed by atoms with Crippen molar-refractivity contribution < 1.29 is 9.53 Å². The zero-order valence-electron chi connectivity index (χ0n) is 13.1. The van der Waals surface area contributed by atoms with Crippen LogP contribution >= 0.6 is 15.9 Å². The highest BCUT2D eigenvalue weighted by Gasteiger charge is 2.10. The third-order valence-electron chi connectivity index (χ3n) is 3.43. The van der Waals surface area contributed by atoms with Gasteiger partial charge in [-0.25, -0.2) is 4.68 Å². The van der Waals surface area contributed by atoms with Gasteiger partial charge in [0.1, 0.15) is 5.75 Å². The summed E-state index contributed by atoms with van der Waals surface area (Å²) in [5.41, 5.74) is 2.45. The summed E-state index contributed by atoms with van der Waals surface area (Å²) in [7, 11) is 0. The molecule has 0 aliphatic heterocycles. The maximum atomic E-state index is 12.2. The minimum absolute atomic E-state index is 0.0536. The molecule has 0 atom stereocenters. The van der Waals surface area contributed by atoms with Crippen LogP contribution in [-0.2, 0) is 4.79 Å². The van der Waals surface area contributed by atoms with Crippen molar-refractivity contribution in [2.45, 2.75) is 6.92 Å². The Kier molecular flexibility index (Phi) is 4.96. The molecule has 1 N–H and O–H groups in total. The maximum Gasteiger partial charge on any atom is 0.262 e. The molecule has 0 aliphatic carbocycles. The molecule has 24 heavy (non-hydrogen) atoms. The molecule has 0 unspecified atom stereocenters. The normalized spacial score (nSPS) is 10.4. The largest absolute Gasteiger partial charge is 0.483 e. The molecule has 0 radical (unpaired) electrons. The van der Waals surface area contributed by atoms with Crippen molar-refractivity contribution >= 4 is 27.5 Å². The summed E-state index contributed by atoms with van der Waals surface area (Å²) in [5.74, 6) is 0.480. The first-order valence-corrected chi connectivity index (χ1v) is 8.20. The lowest BCUT2D eigenvalue weighted by molar-refractivity contribution is -0.118. The van der Waals surface area contributed by atoms with E-state index < -0.39 is 0 Å². The second kappa shape index (κ2) is 7.31. The predicted molar refractivity (Wildman–Crippen MR) is 96.6 cm³/mol. The van der Waals surface area contributed by atoms with Crippen molar-refractivity contribution in [2.24, 2.45) is 0 Å². The number of rotatable bonds is 5. The monoisotopic (exact) mass is 385 g/mol. The van der Waals surface area contributed by atoms with Crippen molar-refractivity contribution in [3.63, 3.8) is 0 Å². The van der Waals surface area contributed by atoms with Gasteiger partial charge in [-0.05, 0) is 46.6 Å². The van der Waals surface area contributed by atoms with Crippen molar-refractivity contribution in [1.82, 2.24) is 9.78 Å². The summed E-state index contributed by atoms with van der Waals surface area (Å²) in [6, 6.07) is 15.1. The van der Waals surface area contributed by atoms with Gasteiger partial charge in [-0.1, -0.05) is 30.3 Å². The second-order valence-corrected chi connectivity index (χ2v) is 6.14. The van der Waals surface area contributed by atoms with Crippen LogP contribution in [0.1, 0.15) is 5.56 Å². The molecule has 2 aromatic carbocycles. The Balaban J connectivity index is 1.70. The summed E-state index contributed by atoms with van der Waals surface area (Å²) < 4.78 is 8.14. The van der Waals surface area contributed by atoms with Crippen molar-refractivity contribution in [2.75, 3.05) is 11.9 Å². The lowest BCUT2D eigenvalue weighted by Crippen LogP contribution is -2.21. The summed E-state index contributed by atoms with van der Waals surface area (Å²) >= 11 is 3.37. The van der Waals surface area contributed by atoms with Crippen molar-refractivity contribution in [1.29, 1.82) is 0 Å². The van der Waals surface area contributed by atoms with Crippen LogP contribution in [0.2, 0.25) is 0 Å². The van der Waals surface area contributed by atoms with E-state index in [-0.39, 0.29) is 12.5 Å². The average Bonchev–Trinajstić information content (AvgIpc) is 3.01. The van der Waals surface area contributed by atoms with E-state index in [1.165, 1.54) is 0 Å². The van der Waals surface area contributed by atoms with Crippen LogP contribution in [0.5, 0.6) is 5.75 Å². The van der Waals surface area contributed by atoms with Gasteiger partial charge >= 0.3 is 0 Å². The first-order valence-electron chi connectivity index (χ1n) is 7.41. The zero-order chi connectivity index (χ0) is 16.9. The molecule has 1 aromatic heterocycles. The van der Waals surface area contributed by atoms with Crippen LogP contribution in [0.3, 0.4) is 0 Å². The molecule has 0 spiro atoms. The fourth-order valence-electron chi connectivity index (χ4n) is 2.26. The van der Waals surface area contributed by atoms with Crippen LogP contribution in [0.4, 0.5) is 5.69 Å². The number of hydrogen-bond donors (Lipinski definition) is 1. The summed E-state index contributed by atoms with van der Waals surface area (Å²) in [6.45, 7) is 1.89. The van der Waals surface area contributed by atoms with Gasteiger partial charge in [0.2, 0.25) is 0 Å². The van der Waals surface area contributed by atoms with Gasteiger partial charge in [0.05, 0.1) is 22.0 Å². The molecule has 6 heteroatoms. The average molecular weight is 386 g/mol. The fraction of sp³-hybridized carbons (Fsp3) is 0.111. The number of amides is 1. The highest BCUT2D eigenvalue weighted by molar-refractivity contribution is 9.10. The van der Waals surface area contributed by atoms with E-state index in [9.17, 15) is 4.79 Å². The van der Waals surface area contributed by atoms with E-state index in [1.54, 1.807) is 10.9 Å². The number of halogens is 1. The van der Waals surface area contributed by atoms with Gasteiger partial charge in [-0.2, -0.15) is 5.10 Å². The second-order valence-electron chi connectivity index (χ2n) is 5.22. The first kappa shape index (κ1) is 16.3. The van der Waals surface area contributed by atoms with Gasteiger partial charge in [0, 0.05) is 6.20 Å². The fourth-order valence-corrected chi connectivity index (χ4v) is 2.55. The lowest BCUT2D eigenvalue weighted by atomic mass is 10.2. The standard InChI is InChI=1S/C18H16BrN3O2/c1-13-6-2-5-9-17(13)24-12-18(23)21-15-7-3-4-8-16(15)22-11-14(19)10-20-22/h2-11H,12H2,1H3,(H,21,23). The minimum atomic E-state index is -0.225. The number of anilines is 1. The molecule has 1 amide bonds. The third-order valence-corrected chi connectivity index (χ3v) is 3.84. The van der Waals surface area contributed by atoms with Gasteiger partial charge in [-0.3, -0.25) is 4.79 Å². The van der Waals surface area contributed by atoms with Gasteiger partial charge in [-0.15, -0.1) is 0 Å². The molecule has 3 aromatic rings. The Morgan fingerprint density at radius 1 is 1.21 bits per heavy atom. The minimum Gasteiger partial charge on any atom is -0.483 e. The number of nitrogens with one attached hydrogen (secondary N) is 1. The molecule has 3 rings (SSSR count). The highest BCUT2D eigenvalue weighted by Crippen LogP contribution is 2.21. The van der Waals surface area contributed by atoms with E-state index in [1.807, 2.05) is 61.7 Å². The number of para-hydroxylation sites is 3. The van der Waals surface area contributed by atoms with Gasteiger partial charge in [0.15, 0.2) is 6.61 Å². The molecule has 122 valence electrons. The Labute approximate surface area is 148 Å². The quantitative estimate of drug-likeness (QED) is 0.722. The van der Waals surface area contributed by atoms with E-state index in [0.29, 0.717) is 11.4 Å². The van der Waals surface area contributed by atoms with Crippen LogP contribution in [0, 0.1) is 6.92 Å². The van der Waals surface area contributed by atoms with Gasteiger partial charge in [0.25, 0.3) is 5.91 Å². The van der Waals surface area contributed by atoms with Crippen molar-refractivity contribution in [3.05, 3.63) is 71.0 Å². The molecule has 1 heterocycles. The summed E-state index contributed by atoms with van der Waals surface area (Å²) in [4.78, 5) is 12.2. The van der Waals surface area contributed by atoms with Crippen LogP contribution < -0.4 is 10.1 Å². The van der Waals surface area contributed by atoms with Crippen LogP contribution in [0.15, 0.2) is 65.4 Å². The van der Waals surface area contributed by atoms with Crippen LogP contribution in [-0.4, -0.2) is 22.3 Å². The Bertz CT molecular complexity index is 861. The highest BCUT2D eigenvalue weighted by atomic mass is 79.9. The lowest BCUT2D eigenvalue weighted by Gasteiger charge is -2.12. The Morgan fingerprint density at radius 2 is 1.96 bits per heavy atom. The van der Waals surface area contributed by atoms with E-state index in [2.05, 4.69) is 26.3 Å². The third kappa shape index (κ3) is 3.83. The summed E-state index contributed by atoms with van der Waals surface area (Å²) in [5, 5.41) is 7.11. The Hall–Kier alpha value is -2.60. The SMILES string of the molecule is Cc1ccccc1OCC(=O)Nc1ccccc1-n1cc(Br)cn1. The number of nitrogens with zero attached hydrogens (tertiary/aromatic N) is 2. The molecular weight excluding hydrogens is 370 g/mol. The predicted octanol–water partition coefficient (Wildman–Crippen LogP) is 3.96. The molecule has 0 saturated carbocycles. The molecular formula is C18H16BrN3O2. The Morgan fingerprint density at radius 3 is 2.71 bits per heavy atom. The zero-order valence-corrected chi connectivity index (χ0v) is 14.7. The smallest absolute Gasteiger partial charge is 0.262 e. The molecule has 0 saturated heterocycles. The van der Waals surface area contributed by atoms with Crippen molar-refractivity contribution in [3.8, 4) is 11.4 Å². The number of aromatic nitrogens is 2. The van der Waals surface area contributed by atoms with Crippen LogP contribution in [0.25, 0.3) is 5.69 Å². The molecule has 0 bridgehead atoms. The number of aryl methyl sites for hydroxylation is 1. The number of benzene rings is 2. The van der Waals surface area contributed by atoms with E-state index >= 15 is 0 Å². The number of carbonyl (C=O) groups excluding carboxylic acids is 1. The number of ether oxygens (including phenoxy) is 1.